The first-order chi connectivity index (χ1) is 12.5. The molecular weight excluding hydrogens is 370 g/mol. The van der Waals surface area contributed by atoms with Gasteiger partial charge in [0.05, 0.1) is 16.4 Å². The van der Waals surface area contributed by atoms with E-state index in [2.05, 4.69) is 15.3 Å². The molecular formula is C19H16ClN3O2S. The first-order valence-electron chi connectivity index (χ1n) is 8.32. The van der Waals surface area contributed by atoms with Crippen molar-refractivity contribution >= 4 is 40.6 Å². The Morgan fingerprint density at radius 2 is 1.85 bits per heavy atom. The van der Waals surface area contributed by atoms with E-state index < -0.39 is 0 Å². The van der Waals surface area contributed by atoms with Crippen LogP contribution in [0.15, 0.2) is 47.3 Å². The molecule has 7 heteroatoms. The van der Waals surface area contributed by atoms with E-state index in [1.54, 1.807) is 18.2 Å². The third-order valence-corrected chi connectivity index (χ3v) is 5.41. The van der Waals surface area contributed by atoms with Gasteiger partial charge in [-0.3, -0.25) is 14.6 Å². The van der Waals surface area contributed by atoms with Crippen LogP contribution in [0.2, 0.25) is 5.02 Å². The minimum Gasteiger partial charge on any atom is -0.343 e. The maximum atomic E-state index is 12.8. The number of hydrogen-bond acceptors (Lipinski definition) is 3. The topological polar surface area (TPSA) is 77.8 Å². The van der Waals surface area contributed by atoms with E-state index in [-0.39, 0.29) is 21.8 Å². The highest BCUT2D eigenvalue weighted by Gasteiger charge is 2.40. The van der Waals surface area contributed by atoms with Crippen molar-refractivity contribution in [2.45, 2.75) is 24.8 Å². The molecule has 0 atom stereocenters. The summed E-state index contributed by atoms with van der Waals surface area (Å²) in [7, 11) is 0. The zero-order valence-electron chi connectivity index (χ0n) is 13.8. The number of fused-ring (bicyclic) bond motifs is 1. The number of H-pyrrole nitrogens is 2. The van der Waals surface area contributed by atoms with Gasteiger partial charge in [-0.25, -0.2) is 0 Å². The lowest BCUT2D eigenvalue weighted by Gasteiger charge is -2.43. The molecule has 4 rings (SSSR count). The van der Waals surface area contributed by atoms with E-state index in [1.165, 1.54) is 0 Å². The molecule has 0 unspecified atom stereocenters. The summed E-state index contributed by atoms with van der Waals surface area (Å²) in [6.45, 7) is 0. The molecule has 1 heterocycles. The number of carbonyl (C=O) groups excluding carboxylic acids is 1. The van der Waals surface area contributed by atoms with Gasteiger partial charge in [0, 0.05) is 10.6 Å². The quantitative estimate of drug-likeness (QED) is 0.595. The van der Waals surface area contributed by atoms with Crippen molar-refractivity contribution in [2.24, 2.45) is 0 Å². The predicted octanol–water partition coefficient (Wildman–Crippen LogP) is 4.05. The Balaban J connectivity index is 1.67. The second kappa shape index (κ2) is 6.37. The average molecular weight is 386 g/mol. The van der Waals surface area contributed by atoms with E-state index in [0.717, 1.165) is 24.8 Å². The largest absolute Gasteiger partial charge is 0.343 e. The molecule has 1 fully saturated rings. The van der Waals surface area contributed by atoms with Crippen molar-refractivity contribution in [3.8, 4) is 0 Å². The molecule has 0 bridgehead atoms. The van der Waals surface area contributed by atoms with Gasteiger partial charge in [-0.05, 0) is 67.4 Å². The van der Waals surface area contributed by atoms with Crippen molar-refractivity contribution in [2.75, 3.05) is 0 Å². The molecule has 1 aromatic heterocycles. The van der Waals surface area contributed by atoms with Crippen molar-refractivity contribution in [3.05, 3.63) is 73.7 Å². The first-order valence-corrected chi connectivity index (χ1v) is 9.10. The highest BCUT2D eigenvalue weighted by molar-refractivity contribution is 7.71. The Labute approximate surface area is 159 Å². The van der Waals surface area contributed by atoms with Gasteiger partial charge in [0.15, 0.2) is 4.77 Å². The van der Waals surface area contributed by atoms with Gasteiger partial charge in [0.25, 0.3) is 11.5 Å². The Hall–Kier alpha value is -2.44. The molecule has 0 radical (unpaired) electrons. The molecule has 0 spiro atoms. The van der Waals surface area contributed by atoms with E-state index in [1.807, 2.05) is 24.3 Å². The number of hydrogen-bond donors (Lipinski definition) is 3. The van der Waals surface area contributed by atoms with Gasteiger partial charge in [-0.1, -0.05) is 23.7 Å². The van der Waals surface area contributed by atoms with Crippen LogP contribution in [0, 0.1) is 4.77 Å². The van der Waals surface area contributed by atoms with Crippen LogP contribution in [0.25, 0.3) is 10.9 Å². The molecule has 1 amide bonds. The maximum absolute atomic E-state index is 12.8. The summed E-state index contributed by atoms with van der Waals surface area (Å²) < 4.78 is 0.233. The van der Waals surface area contributed by atoms with Gasteiger partial charge >= 0.3 is 0 Å². The highest BCUT2D eigenvalue weighted by atomic mass is 35.5. The van der Waals surface area contributed by atoms with Gasteiger partial charge in [0.2, 0.25) is 0 Å². The van der Waals surface area contributed by atoms with E-state index in [9.17, 15) is 9.59 Å². The Morgan fingerprint density at radius 1 is 1.12 bits per heavy atom. The number of rotatable bonds is 3. The number of benzene rings is 2. The average Bonchev–Trinajstić information content (AvgIpc) is 2.58. The zero-order valence-corrected chi connectivity index (χ0v) is 15.3. The molecule has 132 valence electrons. The Kier molecular flexibility index (Phi) is 4.17. The number of carbonyl (C=O) groups is 1. The Bertz CT molecular complexity index is 1110. The maximum Gasteiger partial charge on any atom is 0.259 e. The number of aromatic amines is 2. The molecule has 3 aromatic rings. The second-order valence-corrected chi connectivity index (χ2v) is 7.41. The minimum absolute atomic E-state index is 0.179. The molecule has 1 aliphatic rings. The van der Waals surface area contributed by atoms with E-state index >= 15 is 0 Å². The number of nitrogens with one attached hydrogen (secondary N) is 3. The molecule has 26 heavy (non-hydrogen) atoms. The third kappa shape index (κ3) is 2.95. The van der Waals surface area contributed by atoms with Crippen LogP contribution in [-0.4, -0.2) is 15.9 Å². The smallest absolute Gasteiger partial charge is 0.259 e. The Morgan fingerprint density at radius 3 is 2.50 bits per heavy atom. The van der Waals surface area contributed by atoms with Crippen LogP contribution < -0.4 is 10.9 Å². The third-order valence-electron chi connectivity index (χ3n) is 4.96. The van der Waals surface area contributed by atoms with Crippen LogP contribution in [0.5, 0.6) is 0 Å². The fourth-order valence-corrected chi connectivity index (χ4v) is 3.71. The first kappa shape index (κ1) is 17.0. The summed E-state index contributed by atoms with van der Waals surface area (Å²) in [4.78, 5) is 30.2. The number of halogens is 1. The summed E-state index contributed by atoms with van der Waals surface area (Å²) in [6, 6.07) is 12.5. The zero-order chi connectivity index (χ0) is 18.3. The van der Waals surface area contributed by atoms with Gasteiger partial charge in [0.1, 0.15) is 0 Å². The minimum atomic E-state index is -0.363. The van der Waals surface area contributed by atoms with Crippen molar-refractivity contribution in [1.29, 1.82) is 0 Å². The van der Waals surface area contributed by atoms with E-state index in [4.69, 9.17) is 23.8 Å². The van der Waals surface area contributed by atoms with E-state index in [0.29, 0.717) is 21.5 Å². The monoisotopic (exact) mass is 385 g/mol. The fourth-order valence-electron chi connectivity index (χ4n) is 3.39. The molecule has 1 aliphatic carbocycles. The molecule has 5 nitrogen and oxygen atoms in total. The standard InChI is InChI=1S/C19H16ClN3O2S/c20-13-5-3-12(4-6-13)19(8-1-9-19)23-16(24)11-2-7-14-15(10-11)21-18(26)22-17(14)25/h2-7,10H,1,8-9H2,(H,23,24)(H2,21,22,25,26). The lowest BCUT2D eigenvalue weighted by atomic mass is 9.71. The summed E-state index contributed by atoms with van der Waals surface area (Å²) in [5.41, 5.74) is 1.44. The molecule has 2 aromatic carbocycles. The van der Waals surface area contributed by atoms with Crippen LogP contribution in [-0.2, 0) is 5.54 Å². The molecule has 3 N–H and O–H groups in total. The van der Waals surface area contributed by atoms with Crippen molar-refractivity contribution in [3.63, 3.8) is 0 Å². The number of aromatic nitrogens is 2. The van der Waals surface area contributed by atoms with Crippen LogP contribution >= 0.6 is 23.8 Å². The SMILES string of the molecule is O=C(NC1(c2ccc(Cl)cc2)CCC1)c1ccc2c(=O)[nH]c(=S)[nH]c2c1. The second-order valence-electron chi connectivity index (χ2n) is 6.57. The van der Waals surface area contributed by atoms with Crippen molar-refractivity contribution < 1.29 is 4.79 Å². The van der Waals surface area contributed by atoms with Crippen molar-refractivity contribution in [1.82, 2.24) is 15.3 Å². The molecule has 0 aliphatic heterocycles. The summed E-state index contributed by atoms with van der Waals surface area (Å²) >= 11 is 11.0. The molecule has 1 saturated carbocycles. The summed E-state index contributed by atoms with van der Waals surface area (Å²) in [6.07, 6.45) is 2.83. The molecule has 0 saturated heterocycles. The number of amides is 1. The van der Waals surface area contributed by atoms with Crippen LogP contribution in [0.4, 0.5) is 0 Å². The van der Waals surface area contributed by atoms with Gasteiger partial charge < -0.3 is 10.3 Å². The highest BCUT2D eigenvalue weighted by Crippen LogP contribution is 2.41. The van der Waals surface area contributed by atoms with Crippen LogP contribution in [0.1, 0.15) is 35.2 Å². The lowest BCUT2D eigenvalue weighted by molar-refractivity contribution is 0.0823. The fraction of sp³-hybridized carbons (Fsp3) is 0.211. The summed E-state index contributed by atoms with van der Waals surface area (Å²) in [5.74, 6) is -0.179. The van der Waals surface area contributed by atoms with Gasteiger partial charge in [-0.2, -0.15) is 0 Å². The lowest BCUT2D eigenvalue weighted by Crippen LogP contribution is -2.50. The predicted molar refractivity (Wildman–Crippen MR) is 104 cm³/mol. The van der Waals surface area contributed by atoms with Crippen LogP contribution in [0.3, 0.4) is 0 Å². The summed E-state index contributed by atoms with van der Waals surface area (Å²) in [5, 5.41) is 4.30. The normalized spacial score (nSPS) is 15.4. The van der Waals surface area contributed by atoms with Gasteiger partial charge in [-0.15, -0.1) is 0 Å².